The van der Waals surface area contributed by atoms with Crippen LogP contribution in [0.15, 0.2) is 17.6 Å². The van der Waals surface area contributed by atoms with Gasteiger partial charge in [0, 0.05) is 31.9 Å². The molecule has 2 aliphatic rings. The van der Waals surface area contributed by atoms with Gasteiger partial charge in [-0.3, -0.25) is 0 Å². The molecule has 6 nitrogen and oxygen atoms in total. The quantitative estimate of drug-likeness (QED) is 0.902. The molecular weight excluding hydrogens is 288 g/mol. The zero-order valence-electron chi connectivity index (χ0n) is 12.5. The highest BCUT2D eigenvalue weighted by atomic mass is 32.2. The highest BCUT2D eigenvalue weighted by Gasteiger charge is 2.35. The molecule has 3 rings (SSSR count). The second kappa shape index (κ2) is 6.06. The largest absolute Gasteiger partial charge is 0.336 e. The summed E-state index contributed by atoms with van der Waals surface area (Å²) in [6, 6.07) is 0.483. The van der Waals surface area contributed by atoms with Gasteiger partial charge in [-0.1, -0.05) is 0 Å². The molecule has 2 saturated heterocycles. The molecule has 1 aromatic rings. The first kappa shape index (κ1) is 15.0. The minimum absolute atomic E-state index is 0.185. The minimum atomic E-state index is -3.44. The lowest BCUT2D eigenvalue weighted by Gasteiger charge is -2.34. The van der Waals surface area contributed by atoms with Gasteiger partial charge in [-0.05, 0) is 45.1 Å². The van der Waals surface area contributed by atoms with Gasteiger partial charge in [0.1, 0.15) is 0 Å². The summed E-state index contributed by atoms with van der Waals surface area (Å²) in [7, 11) is -3.44. The van der Waals surface area contributed by atoms with E-state index in [-0.39, 0.29) is 5.03 Å². The van der Waals surface area contributed by atoms with Gasteiger partial charge >= 0.3 is 0 Å². The van der Waals surface area contributed by atoms with E-state index in [0.717, 1.165) is 25.9 Å². The molecular formula is C14H24N4O2S. The van der Waals surface area contributed by atoms with Crippen LogP contribution in [0.1, 0.15) is 32.6 Å². The van der Waals surface area contributed by atoms with Gasteiger partial charge in [-0.15, -0.1) is 0 Å². The van der Waals surface area contributed by atoms with Crippen LogP contribution in [-0.4, -0.2) is 48.0 Å². The number of rotatable bonds is 4. The van der Waals surface area contributed by atoms with Crippen molar-refractivity contribution in [3.05, 3.63) is 12.5 Å². The van der Waals surface area contributed by atoms with Gasteiger partial charge in [0.15, 0.2) is 5.03 Å². The SMILES string of the molecule is CCn1cnc(S(=O)(=O)N2CCCC(C3CCCN3)C2)c1. The number of nitrogens with one attached hydrogen (secondary N) is 1. The maximum Gasteiger partial charge on any atom is 0.262 e. The highest BCUT2D eigenvalue weighted by molar-refractivity contribution is 7.89. The van der Waals surface area contributed by atoms with E-state index >= 15 is 0 Å². The Balaban J connectivity index is 1.75. The molecule has 2 unspecified atom stereocenters. The van der Waals surface area contributed by atoms with Gasteiger partial charge < -0.3 is 9.88 Å². The molecule has 3 heterocycles. The van der Waals surface area contributed by atoms with Crippen LogP contribution in [-0.2, 0) is 16.6 Å². The summed E-state index contributed by atoms with van der Waals surface area (Å²) in [5.41, 5.74) is 0. The van der Waals surface area contributed by atoms with Crippen LogP contribution < -0.4 is 5.32 Å². The first-order valence-electron chi connectivity index (χ1n) is 7.86. The summed E-state index contributed by atoms with van der Waals surface area (Å²) in [6.45, 7) is 5.01. The van der Waals surface area contributed by atoms with E-state index in [0.29, 0.717) is 25.0 Å². The Kier molecular flexibility index (Phi) is 4.33. The summed E-state index contributed by atoms with van der Waals surface area (Å²) in [5, 5.41) is 3.69. The van der Waals surface area contributed by atoms with Crippen LogP contribution in [0.3, 0.4) is 0 Å². The summed E-state index contributed by atoms with van der Waals surface area (Å²) in [5.74, 6) is 0.435. The fraction of sp³-hybridized carbons (Fsp3) is 0.786. The van der Waals surface area contributed by atoms with Gasteiger partial charge in [0.25, 0.3) is 10.0 Å². The molecule has 7 heteroatoms. The molecule has 0 amide bonds. The average molecular weight is 312 g/mol. The van der Waals surface area contributed by atoms with Crippen molar-refractivity contribution in [2.75, 3.05) is 19.6 Å². The monoisotopic (exact) mass is 312 g/mol. The van der Waals surface area contributed by atoms with Crippen LogP contribution in [0.25, 0.3) is 0 Å². The number of hydrogen-bond donors (Lipinski definition) is 1. The smallest absolute Gasteiger partial charge is 0.262 e. The zero-order chi connectivity index (χ0) is 14.9. The molecule has 2 atom stereocenters. The Bertz CT molecular complexity index is 578. The molecule has 0 radical (unpaired) electrons. The third kappa shape index (κ3) is 3.00. The van der Waals surface area contributed by atoms with Crippen molar-refractivity contribution >= 4 is 10.0 Å². The van der Waals surface area contributed by atoms with E-state index in [1.165, 1.54) is 12.8 Å². The van der Waals surface area contributed by atoms with E-state index < -0.39 is 10.0 Å². The third-order valence-electron chi connectivity index (χ3n) is 4.67. The van der Waals surface area contributed by atoms with Crippen LogP contribution in [0, 0.1) is 5.92 Å². The van der Waals surface area contributed by atoms with Crippen molar-refractivity contribution in [1.82, 2.24) is 19.2 Å². The zero-order valence-corrected chi connectivity index (χ0v) is 13.3. The molecule has 21 heavy (non-hydrogen) atoms. The highest BCUT2D eigenvalue weighted by Crippen LogP contribution is 2.27. The summed E-state index contributed by atoms with van der Waals surface area (Å²) < 4.78 is 28.8. The average Bonchev–Trinajstić information content (AvgIpc) is 3.19. The topological polar surface area (TPSA) is 67.2 Å². The van der Waals surface area contributed by atoms with Gasteiger partial charge in [0.2, 0.25) is 0 Å². The van der Waals surface area contributed by atoms with Crippen LogP contribution in [0.5, 0.6) is 0 Å². The maximum atomic E-state index is 12.7. The van der Waals surface area contributed by atoms with E-state index in [1.807, 2.05) is 6.92 Å². The predicted molar refractivity (Wildman–Crippen MR) is 80.4 cm³/mol. The van der Waals surface area contributed by atoms with Crippen molar-refractivity contribution in [3.8, 4) is 0 Å². The van der Waals surface area contributed by atoms with Gasteiger partial charge in [0.05, 0.1) is 6.33 Å². The van der Waals surface area contributed by atoms with E-state index in [9.17, 15) is 8.42 Å². The van der Waals surface area contributed by atoms with E-state index in [4.69, 9.17) is 0 Å². The number of sulfonamides is 1. The van der Waals surface area contributed by atoms with Crippen LogP contribution >= 0.6 is 0 Å². The van der Waals surface area contributed by atoms with Crippen molar-refractivity contribution < 1.29 is 8.42 Å². The first-order chi connectivity index (χ1) is 10.1. The molecule has 1 aromatic heterocycles. The van der Waals surface area contributed by atoms with Gasteiger partial charge in [-0.2, -0.15) is 4.31 Å². The van der Waals surface area contributed by atoms with E-state index in [2.05, 4.69) is 10.3 Å². The lowest BCUT2D eigenvalue weighted by Crippen LogP contribution is -2.45. The fourth-order valence-electron chi connectivity index (χ4n) is 3.41. The third-order valence-corrected chi connectivity index (χ3v) is 6.42. The Morgan fingerprint density at radius 1 is 1.38 bits per heavy atom. The molecule has 0 aromatic carbocycles. The van der Waals surface area contributed by atoms with Crippen molar-refractivity contribution in [1.29, 1.82) is 0 Å². The normalized spacial score (nSPS) is 28.0. The Morgan fingerprint density at radius 2 is 2.24 bits per heavy atom. The Hall–Kier alpha value is -0.920. The van der Waals surface area contributed by atoms with Crippen molar-refractivity contribution in [2.24, 2.45) is 5.92 Å². The molecule has 1 N–H and O–H groups in total. The molecule has 2 fully saturated rings. The second-order valence-electron chi connectivity index (χ2n) is 6.01. The predicted octanol–water partition coefficient (Wildman–Crippen LogP) is 1.06. The fourth-order valence-corrected chi connectivity index (χ4v) is 4.88. The first-order valence-corrected chi connectivity index (χ1v) is 9.30. The molecule has 2 aliphatic heterocycles. The lowest BCUT2D eigenvalue weighted by atomic mass is 9.91. The minimum Gasteiger partial charge on any atom is -0.336 e. The van der Waals surface area contributed by atoms with Crippen LogP contribution in [0.4, 0.5) is 0 Å². The molecule has 0 spiro atoms. The second-order valence-corrected chi connectivity index (χ2v) is 7.90. The summed E-state index contributed by atoms with van der Waals surface area (Å²) in [4.78, 5) is 4.07. The van der Waals surface area contributed by atoms with Crippen molar-refractivity contribution in [3.63, 3.8) is 0 Å². The van der Waals surface area contributed by atoms with Gasteiger partial charge in [-0.25, -0.2) is 13.4 Å². The Morgan fingerprint density at radius 3 is 2.90 bits per heavy atom. The number of hydrogen-bond acceptors (Lipinski definition) is 4. The molecule has 0 aliphatic carbocycles. The summed E-state index contributed by atoms with van der Waals surface area (Å²) >= 11 is 0. The van der Waals surface area contributed by atoms with Crippen molar-refractivity contribution in [2.45, 2.75) is 50.2 Å². The maximum absolute atomic E-state index is 12.7. The molecule has 0 saturated carbocycles. The number of imidazole rings is 1. The Labute approximate surface area is 126 Å². The lowest BCUT2D eigenvalue weighted by molar-refractivity contribution is 0.226. The van der Waals surface area contributed by atoms with Crippen LogP contribution in [0.2, 0.25) is 0 Å². The number of aromatic nitrogens is 2. The summed E-state index contributed by atoms with van der Waals surface area (Å²) in [6.07, 6.45) is 7.65. The van der Waals surface area contributed by atoms with E-state index in [1.54, 1.807) is 21.4 Å². The number of nitrogens with zero attached hydrogens (tertiary/aromatic N) is 3. The standard InChI is InChI=1S/C14H24N4O2S/c1-2-17-10-14(16-11-17)21(19,20)18-8-4-5-12(9-18)13-6-3-7-15-13/h10-13,15H,2-9H2,1H3. The number of piperidine rings is 1. The molecule has 118 valence electrons. The molecule has 0 bridgehead atoms. The number of aryl methyl sites for hydroxylation is 1.